The molecule has 12 nitrogen and oxygen atoms in total. The minimum absolute atomic E-state index is 0.156. The molecule has 0 bridgehead atoms. The maximum absolute atomic E-state index is 13.1. The van der Waals surface area contributed by atoms with Gasteiger partial charge in [0, 0.05) is 33.1 Å². The third kappa shape index (κ3) is 7.04. The molecule has 5 rings (SSSR count). The van der Waals surface area contributed by atoms with E-state index in [0.717, 1.165) is 43.7 Å². The predicted molar refractivity (Wildman–Crippen MR) is 176 cm³/mol. The Morgan fingerprint density at radius 3 is 2.49 bits per heavy atom. The molecule has 2 aromatic carbocycles. The van der Waals surface area contributed by atoms with Gasteiger partial charge >= 0.3 is 0 Å². The van der Waals surface area contributed by atoms with Gasteiger partial charge < -0.3 is 25.2 Å². The fourth-order valence-corrected chi connectivity index (χ4v) is 6.83. The van der Waals surface area contributed by atoms with Crippen LogP contribution >= 0.6 is 0 Å². The first kappa shape index (κ1) is 32.2. The Kier molecular flexibility index (Phi) is 9.59. The van der Waals surface area contributed by atoms with Crippen LogP contribution in [0.5, 0.6) is 5.75 Å². The van der Waals surface area contributed by atoms with Crippen molar-refractivity contribution in [2.24, 2.45) is 0 Å². The van der Waals surface area contributed by atoms with Gasteiger partial charge in [0.25, 0.3) is 0 Å². The number of nitrogens with one attached hydrogen (secondary N) is 2. The normalized spacial score (nSPS) is 14.6. The van der Waals surface area contributed by atoms with Crippen LogP contribution < -0.4 is 15.4 Å². The number of hydrogen-bond donors (Lipinski definition) is 2. The highest BCUT2D eigenvalue weighted by atomic mass is 32.2. The van der Waals surface area contributed by atoms with Gasteiger partial charge in [-0.15, -0.1) is 0 Å². The number of anilines is 4. The van der Waals surface area contributed by atoms with Gasteiger partial charge in [0.2, 0.25) is 17.8 Å². The summed E-state index contributed by atoms with van der Waals surface area (Å²) < 4.78 is 33.5. The van der Waals surface area contributed by atoms with E-state index in [1.54, 1.807) is 76.5 Å². The molecule has 0 unspecified atom stereocenters. The lowest BCUT2D eigenvalue weighted by Gasteiger charge is -2.33. The average Bonchev–Trinajstić information content (AvgIpc) is 3.49. The molecular weight excluding hydrogens is 592 g/mol. The number of benzene rings is 2. The van der Waals surface area contributed by atoms with E-state index in [1.165, 1.54) is 10.1 Å². The van der Waals surface area contributed by atoms with E-state index in [-0.39, 0.29) is 10.8 Å². The quantitative estimate of drug-likeness (QED) is 0.238. The van der Waals surface area contributed by atoms with Crippen molar-refractivity contribution in [3.63, 3.8) is 0 Å². The van der Waals surface area contributed by atoms with E-state index in [1.807, 2.05) is 0 Å². The monoisotopic (exact) mass is 634 g/mol. The van der Waals surface area contributed by atoms with E-state index < -0.39 is 15.1 Å². The molecule has 1 amide bonds. The number of methoxy groups -OCH3 is 1. The van der Waals surface area contributed by atoms with Crippen molar-refractivity contribution in [1.82, 2.24) is 29.4 Å². The number of aryl methyl sites for hydroxylation is 1. The second-order valence-electron chi connectivity index (χ2n) is 11.9. The summed E-state index contributed by atoms with van der Waals surface area (Å²) in [6.07, 6.45) is 4.17. The molecule has 1 fully saturated rings. The van der Waals surface area contributed by atoms with Gasteiger partial charge in [0.05, 0.1) is 34.8 Å². The van der Waals surface area contributed by atoms with E-state index in [2.05, 4.69) is 49.7 Å². The molecule has 0 aliphatic carbocycles. The van der Waals surface area contributed by atoms with Gasteiger partial charge in [0.1, 0.15) is 5.75 Å². The molecule has 1 aliphatic rings. The maximum atomic E-state index is 13.1. The number of ether oxygens (including phenoxy) is 1. The van der Waals surface area contributed by atoms with Crippen LogP contribution in [0.3, 0.4) is 0 Å². The van der Waals surface area contributed by atoms with Crippen molar-refractivity contribution in [2.75, 3.05) is 51.5 Å². The molecule has 4 aromatic rings. The molecule has 0 radical (unpaired) electrons. The van der Waals surface area contributed by atoms with Crippen LogP contribution in [0.4, 0.5) is 23.3 Å². The Morgan fingerprint density at radius 1 is 1.07 bits per heavy atom. The molecule has 45 heavy (non-hydrogen) atoms. The lowest BCUT2D eigenvalue weighted by Crippen LogP contribution is -2.36. The van der Waals surface area contributed by atoms with Crippen molar-refractivity contribution in [2.45, 2.75) is 56.1 Å². The summed E-state index contributed by atoms with van der Waals surface area (Å²) in [5.74, 6) is 1.84. The molecule has 2 aromatic heterocycles. The Morgan fingerprint density at radius 2 is 1.80 bits per heavy atom. The molecule has 3 heterocycles. The minimum atomic E-state index is -3.55. The van der Waals surface area contributed by atoms with Gasteiger partial charge in [-0.2, -0.15) is 19.6 Å². The van der Waals surface area contributed by atoms with Gasteiger partial charge in [0.15, 0.2) is 15.5 Å². The Hall–Kier alpha value is -4.23. The molecule has 240 valence electrons. The molecule has 2 N–H and O–H groups in total. The van der Waals surface area contributed by atoms with E-state index in [0.29, 0.717) is 41.3 Å². The van der Waals surface area contributed by atoms with E-state index >= 15 is 0 Å². The SMILES string of the molecule is COc1cc(C2CCN(CCC(=O)N(C)C)CC2)c(C)cc1Nc1nc(Nc2ccccc2S(=O)(=O)C(C)C)n2nccc2n1. The Bertz CT molecular complexity index is 1780. The maximum Gasteiger partial charge on any atom is 0.233 e. The molecule has 0 spiro atoms. The summed E-state index contributed by atoms with van der Waals surface area (Å²) in [4.78, 5) is 25.5. The highest BCUT2D eigenvalue weighted by Gasteiger charge is 2.25. The number of amides is 1. The number of para-hydroxylation sites is 1. The van der Waals surface area contributed by atoms with Crippen molar-refractivity contribution < 1.29 is 17.9 Å². The zero-order chi connectivity index (χ0) is 32.3. The van der Waals surface area contributed by atoms with Crippen LogP contribution in [0.15, 0.2) is 53.6 Å². The van der Waals surface area contributed by atoms with E-state index in [4.69, 9.17) is 4.74 Å². The number of fused-ring (bicyclic) bond motifs is 1. The fraction of sp³-hybridized carbons (Fsp3) is 0.438. The van der Waals surface area contributed by atoms with Gasteiger partial charge in [-0.3, -0.25) is 4.79 Å². The number of likely N-dealkylation sites (tertiary alicyclic amines) is 1. The van der Waals surface area contributed by atoms with Crippen molar-refractivity contribution in [3.8, 4) is 5.75 Å². The van der Waals surface area contributed by atoms with Crippen LogP contribution in [0.1, 0.15) is 50.2 Å². The first-order valence-electron chi connectivity index (χ1n) is 15.2. The topological polar surface area (TPSA) is 134 Å². The summed E-state index contributed by atoms with van der Waals surface area (Å²) in [6, 6.07) is 12.7. The van der Waals surface area contributed by atoms with Crippen molar-refractivity contribution in [1.29, 1.82) is 0 Å². The number of sulfone groups is 1. The molecular formula is C32H42N8O4S. The first-order valence-corrected chi connectivity index (χ1v) is 16.7. The van der Waals surface area contributed by atoms with Gasteiger partial charge in [-0.25, -0.2) is 8.42 Å². The zero-order valence-corrected chi connectivity index (χ0v) is 27.6. The number of hydrogen-bond acceptors (Lipinski definition) is 10. The fourth-order valence-electron chi connectivity index (χ4n) is 5.63. The number of carbonyl (C=O) groups excluding carboxylic acids is 1. The predicted octanol–water partition coefficient (Wildman–Crippen LogP) is 4.77. The number of carbonyl (C=O) groups is 1. The van der Waals surface area contributed by atoms with Gasteiger partial charge in [-0.05, 0) is 88.0 Å². The van der Waals surface area contributed by atoms with Gasteiger partial charge in [-0.1, -0.05) is 12.1 Å². The zero-order valence-electron chi connectivity index (χ0n) is 26.7. The summed E-state index contributed by atoms with van der Waals surface area (Å²) in [6.45, 7) is 8.10. The molecule has 1 saturated heterocycles. The molecule has 0 atom stereocenters. The highest BCUT2D eigenvalue weighted by Crippen LogP contribution is 2.37. The standard InChI is InChI=1S/C32H42N8O4S/c1-21(2)45(42,43)28-10-8-7-9-25(28)35-32-37-31(36-29-11-15-33-40(29)32)34-26-19-22(3)24(20-27(26)44-6)23-12-16-39(17-13-23)18-14-30(41)38(4)5/h7-11,15,19-21,23H,12-14,16-18H2,1-6H3,(H2,34,35,36,37). The number of nitrogens with zero attached hydrogens (tertiary/aromatic N) is 6. The largest absolute Gasteiger partial charge is 0.495 e. The van der Waals surface area contributed by atoms with Crippen LogP contribution in [-0.4, -0.2) is 89.8 Å². The van der Waals surface area contributed by atoms with E-state index in [9.17, 15) is 13.2 Å². The first-order chi connectivity index (χ1) is 21.5. The van der Waals surface area contributed by atoms with Crippen molar-refractivity contribution >= 4 is 44.7 Å². The van der Waals surface area contributed by atoms with Crippen molar-refractivity contribution in [3.05, 3.63) is 59.8 Å². The number of aromatic nitrogens is 4. The lowest BCUT2D eigenvalue weighted by atomic mass is 9.86. The third-order valence-corrected chi connectivity index (χ3v) is 10.5. The average molecular weight is 635 g/mol. The minimum Gasteiger partial charge on any atom is -0.495 e. The molecule has 13 heteroatoms. The summed E-state index contributed by atoms with van der Waals surface area (Å²) in [7, 11) is 1.68. The summed E-state index contributed by atoms with van der Waals surface area (Å²) >= 11 is 0. The van der Waals surface area contributed by atoms with Crippen LogP contribution in [0, 0.1) is 6.92 Å². The van der Waals surface area contributed by atoms with Crippen LogP contribution in [0.2, 0.25) is 0 Å². The number of rotatable bonds is 11. The third-order valence-electron chi connectivity index (χ3n) is 8.32. The molecule has 1 aliphatic heterocycles. The Labute approximate surface area is 264 Å². The second-order valence-corrected chi connectivity index (χ2v) is 14.3. The second kappa shape index (κ2) is 13.4. The Balaban J connectivity index is 1.37. The lowest BCUT2D eigenvalue weighted by molar-refractivity contribution is -0.129. The highest BCUT2D eigenvalue weighted by molar-refractivity contribution is 7.92. The summed E-state index contributed by atoms with van der Waals surface area (Å²) in [5.41, 5.74) is 4.04. The van der Waals surface area contributed by atoms with Crippen LogP contribution in [0.25, 0.3) is 5.65 Å². The molecule has 0 saturated carbocycles. The summed E-state index contributed by atoms with van der Waals surface area (Å²) in [5, 5.41) is 10.3. The van der Waals surface area contributed by atoms with Crippen LogP contribution in [-0.2, 0) is 14.6 Å². The number of piperidine rings is 1. The smallest absolute Gasteiger partial charge is 0.233 e.